The van der Waals surface area contributed by atoms with Gasteiger partial charge in [-0.3, -0.25) is 19.4 Å². The standard InChI is InChI=1S/C27H29N5O3/c33-22-16-21(25(34)28-17-20-9-5-2-6-10-20)23-24(29-22)30-27(31-26(23)35)32-13-11-19(12-14-32)15-18-7-3-1-4-8-18/h1-10,19,21H,11-17H2,(H,28,34)(H2,29,30,31,33,35)/t21-/m0/s1. The zero-order chi connectivity index (χ0) is 24.2. The number of hydrogen-bond acceptors (Lipinski definition) is 5. The van der Waals surface area contributed by atoms with E-state index in [1.54, 1.807) is 0 Å². The minimum absolute atomic E-state index is 0.0807. The normalized spacial score (nSPS) is 18.0. The molecule has 1 atom stereocenters. The second kappa shape index (κ2) is 10.1. The first kappa shape index (κ1) is 22.8. The van der Waals surface area contributed by atoms with Gasteiger partial charge in [-0.1, -0.05) is 60.7 Å². The summed E-state index contributed by atoms with van der Waals surface area (Å²) in [6, 6.07) is 20.0. The van der Waals surface area contributed by atoms with E-state index in [1.807, 2.05) is 36.4 Å². The fourth-order valence-electron chi connectivity index (χ4n) is 4.94. The van der Waals surface area contributed by atoms with Gasteiger partial charge in [0.2, 0.25) is 17.8 Å². The van der Waals surface area contributed by atoms with Crippen molar-refractivity contribution >= 4 is 23.6 Å². The number of hydrogen-bond donors (Lipinski definition) is 3. The Bertz CT molecular complexity index is 1250. The summed E-state index contributed by atoms with van der Waals surface area (Å²) < 4.78 is 0. The molecule has 2 aliphatic heterocycles. The predicted molar refractivity (Wildman–Crippen MR) is 134 cm³/mol. The van der Waals surface area contributed by atoms with E-state index in [0.717, 1.165) is 37.9 Å². The number of rotatable bonds is 6. The highest BCUT2D eigenvalue weighted by atomic mass is 16.2. The zero-order valence-corrected chi connectivity index (χ0v) is 19.5. The molecule has 3 heterocycles. The largest absolute Gasteiger partial charge is 0.351 e. The van der Waals surface area contributed by atoms with E-state index in [0.29, 0.717) is 18.4 Å². The summed E-state index contributed by atoms with van der Waals surface area (Å²) in [5, 5.41) is 5.55. The van der Waals surface area contributed by atoms with Gasteiger partial charge in [-0.15, -0.1) is 0 Å². The highest BCUT2D eigenvalue weighted by molar-refractivity contribution is 6.00. The number of nitrogens with one attached hydrogen (secondary N) is 3. The first-order valence-electron chi connectivity index (χ1n) is 12.1. The predicted octanol–water partition coefficient (Wildman–Crippen LogP) is 2.97. The number of nitrogens with zero attached hydrogens (tertiary/aromatic N) is 2. The molecule has 35 heavy (non-hydrogen) atoms. The van der Waals surface area contributed by atoms with Crippen LogP contribution in [0.25, 0.3) is 0 Å². The zero-order valence-electron chi connectivity index (χ0n) is 19.5. The lowest BCUT2D eigenvalue weighted by Gasteiger charge is -2.33. The smallest absolute Gasteiger partial charge is 0.258 e. The summed E-state index contributed by atoms with van der Waals surface area (Å²) in [7, 11) is 0. The van der Waals surface area contributed by atoms with Gasteiger partial charge in [0.25, 0.3) is 5.56 Å². The third-order valence-electron chi connectivity index (χ3n) is 6.85. The van der Waals surface area contributed by atoms with Crippen LogP contribution in [0.3, 0.4) is 0 Å². The van der Waals surface area contributed by atoms with Crippen molar-refractivity contribution in [1.29, 1.82) is 0 Å². The fourth-order valence-corrected chi connectivity index (χ4v) is 4.94. The molecule has 5 rings (SSSR count). The Morgan fingerprint density at radius 1 is 0.971 bits per heavy atom. The summed E-state index contributed by atoms with van der Waals surface area (Å²) in [5.41, 5.74) is 2.12. The number of carbonyl (C=O) groups excluding carboxylic acids is 2. The summed E-state index contributed by atoms with van der Waals surface area (Å²) in [4.78, 5) is 47.9. The molecule has 2 amide bonds. The Hall–Kier alpha value is -3.94. The van der Waals surface area contributed by atoms with Gasteiger partial charge < -0.3 is 15.5 Å². The minimum atomic E-state index is -0.871. The molecule has 0 unspecified atom stereocenters. The number of amides is 2. The van der Waals surface area contributed by atoms with Crippen LogP contribution in [-0.2, 0) is 22.6 Å². The van der Waals surface area contributed by atoms with Gasteiger partial charge in [0.15, 0.2) is 0 Å². The van der Waals surface area contributed by atoms with Crippen LogP contribution >= 0.6 is 0 Å². The van der Waals surface area contributed by atoms with E-state index in [-0.39, 0.29) is 35.2 Å². The van der Waals surface area contributed by atoms with Crippen molar-refractivity contribution < 1.29 is 9.59 Å². The lowest BCUT2D eigenvalue weighted by molar-refractivity contribution is -0.126. The second-order valence-electron chi connectivity index (χ2n) is 9.28. The van der Waals surface area contributed by atoms with E-state index in [9.17, 15) is 14.4 Å². The van der Waals surface area contributed by atoms with Crippen LogP contribution in [0.2, 0.25) is 0 Å². The van der Waals surface area contributed by atoms with Crippen LogP contribution in [0.15, 0.2) is 65.5 Å². The van der Waals surface area contributed by atoms with Crippen molar-refractivity contribution in [3.63, 3.8) is 0 Å². The Morgan fingerprint density at radius 2 is 1.63 bits per heavy atom. The summed E-state index contributed by atoms with van der Waals surface area (Å²) >= 11 is 0. The van der Waals surface area contributed by atoms with Crippen molar-refractivity contribution in [2.24, 2.45) is 5.92 Å². The molecule has 1 aromatic heterocycles. The van der Waals surface area contributed by atoms with Crippen LogP contribution < -0.4 is 21.1 Å². The van der Waals surface area contributed by atoms with Crippen LogP contribution in [0.5, 0.6) is 0 Å². The summed E-state index contributed by atoms with van der Waals surface area (Å²) in [6.45, 7) is 1.87. The van der Waals surface area contributed by atoms with Crippen molar-refractivity contribution in [2.75, 3.05) is 23.3 Å². The average Bonchev–Trinajstić information content (AvgIpc) is 2.88. The highest BCUT2D eigenvalue weighted by Gasteiger charge is 2.35. The SMILES string of the molecule is O=C1C[C@H](C(=O)NCc2ccccc2)c2c(nc(N3CCC(Cc4ccccc4)CC3)[nH]c2=O)N1. The number of carbonyl (C=O) groups is 2. The monoisotopic (exact) mass is 471 g/mol. The number of fused-ring (bicyclic) bond motifs is 1. The lowest BCUT2D eigenvalue weighted by Crippen LogP contribution is -2.41. The number of piperidine rings is 1. The maximum Gasteiger partial charge on any atom is 0.258 e. The molecule has 8 nitrogen and oxygen atoms in total. The van der Waals surface area contributed by atoms with Gasteiger partial charge >= 0.3 is 0 Å². The van der Waals surface area contributed by atoms with Crippen LogP contribution in [0, 0.1) is 5.92 Å². The Balaban J connectivity index is 1.28. The van der Waals surface area contributed by atoms with Gasteiger partial charge in [0, 0.05) is 26.1 Å². The molecule has 2 aliphatic rings. The van der Waals surface area contributed by atoms with Gasteiger partial charge in [0.05, 0.1) is 11.5 Å². The molecular formula is C27H29N5O3. The molecule has 0 bridgehead atoms. The Morgan fingerprint density at radius 3 is 2.31 bits per heavy atom. The minimum Gasteiger partial charge on any atom is -0.351 e. The first-order valence-corrected chi connectivity index (χ1v) is 12.1. The average molecular weight is 472 g/mol. The van der Waals surface area contributed by atoms with E-state index >= 15 is 0 Å². The Labute approximate surface area is 203 Å². The number of anilines is 2. The molecule has 0 aliphatic carbocycles. The maximum absolute atomic E-state index is 13.1. The summed E-state index contributed by atoms with van der Waals surface area (Å²) in [6.07, 6.45) is 2.94. The van der Waals surface area contributed by atoms with E-state index in [4.69, 9.17) is 0 Å². The van der Waals surface area contributed by atoms with Crippen LogP contribution in [0.1, 0.15) is 41.9 Å². The number of H-pyrrole nitrogens is 1. The molecule has 180 valence electrons. The van der Waals surface area contributed by atoms with Crippen molar-refractivity contribution in [3.05, 3.63) is 87.7 Å². The maximum atomic E-state index is 13.1. The van der Waals surface area contributed by atoms with E-state index < -0.39 is 5.92 Å². The molecule has 8 heteroatoms. The molecular weight excluding hydrogens is 442 g/mol. The van der Waals surface area contributed by atoms with Crippen molar-refractivity contribution in [3.8, 4) is 0 Å². The number of aromatic nitrogens is 2. The molecule has 1 fully saturated rings. The van der Waals surface area contributed by atoms with Gasteiger partial charge in [-0.05, 0) is 36.3 Å². The quantitative estimate of drug-likeness (QED) is 0.512. The molecule has 0 spiro atoms. The lowest BCUT2D eigenvalue weighted by atomic mass is 9.90. The molecule has 0 saturated carbocycles. The van der Waals surface area contributed by atoms with E-state index in [1.165, 1.54) is 5.56 Å². The Kier molecular flexibility index (Phi) is 6.61. The second-order valence-corrected chi connectivity index (χ2v) is 9.28. The van der Waals surface area contributed by atoms with Gasteiger partial charge in [-0.2, -0.15) is 4.98 Å². The molecule has 2 aromatic carbocycles. The third-order valence-corrected chi connectivity index (χ3v) is 6.85. The third kappa shape index (κ3) is 5.26. The van der Waals surface area contributed by atoms with Crippen LogP contribution in [0.4, 0.5) is 11.8 Å². The summed E-state index contributed by atoms with van der Waals surface area (Å²) in [5.74, 6) is -0.335. The molecule has 3 N–H and O–H groups in total. The molecule has 1 saturated heterocycles. The van der Waals surface area contributed by atoms with Gasteiger partial charge in [0.1, 0.15) is 5.82 Å². The molecule has 0 radical (unpaired) electrons. The van der Waals surface area contributed by atoms with Crippen LogP contribution in [-0.4, -0.2) is 34.9 Å². The highest BCUT2D eigenvalue weighted by Crippen LogP contribution is 2.30. The first-order chi connectivity index (χ1) is 17.1. The van der Waals surface area contributed by atoms with Crippen molar-refractivity contribution in [1.82, 2.24) is 15.3 Å². The topological polar surface area (TPSA) is 107 Å². The van der Waals surface area contributed by atoms with Gasteiger partial charge in [-0.25, -0.2) is 0 Å². The fraction of sp³-hybridized carbons (Fsp3) is 0.333. The number of aromatic amines is 1. The number of benzene rings is 2. The molecule has 3 aromatic rings. The van der Waals surface area contributed by atoms with Crippen molar-refractivity contribution in [2.45, 2.75) is 38.1 Å². The van der Waals surface area contributed by atoms with E-state index in [2.05, 4.69) is 49.8 Å².